The second-order valence-corrected chi connectivity index (χ2v) is 4.22. The third-order valence-electron chi connectivity index (χ3n) is 2.87. The standard InChI is InChI=1S/C15H13NO5/c1-21-11-5-3-10(4-6-11)16-13-8-9(14(17)18)2-7-12(13)15(19)20/h2-8,16H,1H3,(H,17,18)(H,19,20). The van der Waals surface area contributed by atoms with Crippen LogP contribution in [-0.4, -0.2) is 29.3 Å². The summed E-state index contributed by atoms with van der Waals surface area (Å²) in [6, 6.07) is 10.6. The lowest BCUT2D eigenvalue weighted by Crippen LogP contribution is -2.05. The summed E-state index contributed by atoms with van der Waals surface area (Å²) in [5.74, 6) is -1.59. The minimum Gasteiger partial charge on any atom is -0.497 e. The van der Waals surface area contributed by atoms with Crippen molar-refractivity contribution >= 4 is 23.3 Å². The number of nitrogens with one attached hydrogen (secondary N) is 1. The van der Waals surface area contributed by atoms with Gasteiger partial charge in [0.1, 0.15) is 5.75 Å². The first-order chi connectivity index (χ1) is 10.0. The largest absolute Gasteiger partial charge is 0.497 e. The molecule has 0 saturated heterocycles. The van der Waals surface area contributed by atoms with Crippen molar-refractivity contribution in [1.82, 2.24) is 0 Å². The molecule has 0 aliphatic heterocycles. The highest BCUT2D eigenvalue weighted by atomic mass is 16.5. The highest BCUT2D eigenvalue weighted by Crippen LogP contribution is 2.24. The minimum atomic E-state index is -1.14. The highest BCUT2D eigenvalue weighted by molar-refractivity contribution is 5.98. The SMILES string of the molecule is COc1ccc(Nc2cc(C(=O)O)ccc2C(=O)O)cc1. The number of benzene rings is 2. The van der Waals surface area contributed by atoms with Gasteiger partial charge in [-0.2, -0.15) is 0 Å². The van der Waals surface area contributed by atoms with Crippen molar-refractivity contribution in [2.75, 3.05) is 12.4 Å². The zero-order valence-corrected chi connectivity index (χ0v) is 11.2. The Morgan fingerprint density at radius 2 is 1.67 bits per heavy atom. The number of ether oxygens (including phenoxy) is 1. The summed E-state index contributed by atoms with van der Waals surface area (Å²) >= 11 is 0. The van der Waals surface area contributed by atoms with Crippen molar-refractivity contribution in [3.63, 3.8) is 0 Å². The third kappa shape index (κ3) is 3.30. The normalized spacial score (nSPS) is 9.95. The van der Waals surface area contributed by atoms with Gasteiger partial charge in [-0.1, -0.05) is 0 Å². The fraction of sp³-hybridized carbons (Fsp3) is 0.0667. The van der Waals surface area contributed by atoms with Crippen LogP contribution < -0.4 is 10.1 Å². The maximum Gasteiger partial charge on any atom is 0.337 e. The number of methoxy groups -OCH3 is 1. The van der Waals surface area contributed by atoms with Crippen LogP contribution in [0.2, 0.25) is 0 Å². The lowest BCUT2D eigenvalue weighted by atomic mass is 10.1. The van der Waals surface area contributed by atoms with Gasteiger partial charge in [0, 0.05) is 5.69 Å². The maximum atomic E-state index is 11.2. The second-order valence-electron chi connectivity index (χ2n) is 4.22. The molecule has 0 amide bonds. The van der Waals surface area contributed by atoms with E-state index in [0.717, 1.165) is 0 Å². The molecule has 0 aliphatic carbocycles. The average Bonchev–Trinajstić information content (AvgIpc) is 2.47. The molecule has 0 radical (unpaired) electrons. The van der Waals surface area contributed by atoms with Gasteiger partial charge in [-0.25, -0.2) is 9.59 Å². The highest BCUT2D eigenvalue weighted by Gasteiger charge is 2.13. The average molecular weight is 287 g/mol. The number of aromatic carboxylic acids is 2. The Morgan fingerprint density at radius 1 is 1.00 bits per heavy atom. The number of anilines is 2. The van der Waals surface area contributed by atoms with E-state index in [0.29, 0.717) is 11.4 Å². The van der Waals surface area contributed by atoms with E-state index in [1.165, 1.54) is 18.2 Å². The molecule has 0 fully saturated rings. The van der Waals surface area contributed by atoms with Gasteiger partial charge in [-0.15, -0.1) is 0 Å². The number of carboxylic acids is 2. The van der Waals surface area contributed by atoms with E-state index in [9.17, 15) is 9.59 Å². The molecule has 6 heteroatoms. The predicted octanol–water partition coefficient (Wildman–Crippen LogP) is 2.84. The molecule has 0 bridgehead atoms. The monoisotopic (exact) mass is 287 g/mol. The van der Waals surface area contributed by atoms with E-state index in [4.69, 9.17) is 14.9 Å². The summed E-state index contributed by atoms with van der Waals surface area (Å²) < 4.78 is 5.03. The van der Waals surface area contributed by atoms with Crippen molar-refractivity contribution < 1.29 is 24.5 Å². The topological polar surface area (TPSA) is 95.9 Å². The molecule has 2 aromatic rings. The molecule has 2 rings (SSSR count). The molecular formula is C15H13NO5. The number of carboxylic acid groups (broad SMARTS) is 2. The van der Waals surface area contributed by atoms with Gasteiger partial charge in [-0.3, -0.25) is 0 Å². The quantitative estimate of drug-likeness (QED) is 0.782. The number of hydrogen-bond acceptors (Lipinski definition) is 4. The van der Waals surface area contributed by atoms with Gasteiger partial charge in [0.25, 0.3) is 0 Å². The summed E-state index contributed by atoms with van der Waals surface area (Å²) in [4.78, 5) is 22.2. The zero-order chi connectivity index (χ0) is 15.4. The molecule has 6 nitrogen and oxygen atoms in total. The lowest BCUT2D eigenvalue weighted by molar-refractivity contribution is 0.0682. The molecule has 2 aromatic carbocycles. The van der Waals surface area contributed by atoms with Gasteiger partial charge in [-0.05, 0) is 42.5 Å². The maximum absolute atomic E-state index is 11.2. The number of carbonyl (C=O) groups is 2. The van der Waals surface area contributed by atoms with Crippen LogP contribution in [0.15, 0.2) is 42.5 Å². The van der Waals surface area contributed by atoms with E-state index < -0.39 is 11.9 Å². The summed E-state index contributed by atoms with van der Waals surface area (Å²) in [5, 5.41) is 21.0. The Kier molecular flexibility index (Phi) is 4.08. The van der Waals surface area contributed by atoms with Crippen molar-refractivity contribution in [3.8, 4) is 5.75 Å². The van der Waals surface area contributed by atoms with Crippen molar-refractivity contribution in [3.05, 3.63) is 53.6 Å². The fourth-order valence-electron chi connectivity index (χ4n) is 1.80. The van der Waals surface area contributed by atoms with Gasteiger partial charge < -0.3 is 20.3 Å². The van der Waals surface area contributed by atoms with Gasteiger partial charge in [0.15, 0.2) is 0 Å². The Balaban J connectivity index is 2.37. The summed E-state index contributed by atoms with van der Waals surface area (Å²) in [5.41, 5.74) is 0.847. The van der Waals surface area contributed by atoms with E-state index in [-0.39, 0.29) is 16.8 Å². The van der Waals surface area contributed by atoms with Gasteiger partial charge in [0.2, 0.25) is 0 Å². The van der Waals surface area contributed by atoms with Crippen LogP contribution in [0.25, 0.3) is 0 Å². The molecule has 0 aliphatic rings. The van der Waals surface area contributed by atoms with Crippen LogP contribution in [0.1, 0.15) is 20.7 Å². The molecule has 0 heterocycles. The van der Waals surface area contributed by atoms with Crippen LogP contribution >= 0.6 is 0 Å². The Hall–Kier alpha value is -3.02. The van der Waals surface area contributed by atoms with Crippen molar-refractivity contribution in [2.45, 2.75) is 0 Å². The smallest absolute Gasteiger partial charge is 0.337 e. The van der Waals surface area contributed by atoms with Crippen LogP contribution in [-0.2, 0) is 0 Å². The van der Waals surface area contributed by atoms with Crippen molar-refractivity contribution in [2.24, 2.45) is 0 Å². The fourth-order valence-corrected chi connectivity index (χ4v) is 1.80. The first-order valence-corrected chi connectivity index (χ1v) is 6.03. The van der Waals surface area contributed by atoms with Gasteiger partial charge in [0.05, 0.1) is 23.9 Å². The Morgan fingerprint density at radius 3 is 2.19 bits per heavy atom. The Bertz CT molecular complexity index is 679. The molecule has 21 heavy (non-hydrogen) atoms. The second kappa shape index (κ2) is 5.96. The molecule has 0 atom stereocenters. The molecule has 0 unspecified atom stereocenters. The molecule has 108 valence electrons. The van der Waals surface area contributed by atoms with E-state index >= 15 is 0 Å². The molecular weight excluding hydrogens is 274 g/mol. The summed E-state index contributed by atoms with van der Waals surface area (Å²) in [6.07, 6.45) is 0. The first kappa shape index (κ1) is 14.4. The lowest BCUT2D eigenvalue weighted by Gasteiger charge is -2.11. The number of hydrogen-bond donors (Lipinski definition) is 3. The minimum absolute atomic E-state index is 0.00387. The van der Waals surface area contributed by atoms with Crippen molar-refractivity contribution in [1.29, 1.82) is 0 Å². The van der Waals surface area contributed by atoms with Crippen LogP contribution in [0.4, 0.5) is 11.4 Å². The zero-order valence-electron chi connectivity index (χ0n) is 11.2. The summed E-state index contributed by atoms with van der Waals surface area (Å²) in [7, 11) is 1.54. The van der Waals surface area contributed by atoms with E-state index in [1.54, 1.807) is 31.4 Å². The predicted molar refractivity (Wildman–Crippen MR) is 76.6 cm³/mol. The van der Waals surface area contributed by atoms with E-state index in [1.807, 2.05) is 0 Å². The first-order valence-electron chi connectivity index (χ1n) is 6.03. The number of rotatable bonds is 5. The van der Waals surface area contributed by atoms with Crippen LogP contribution in [0, 0.1) is 0 Å². The van der Waals surface area contributed by atoms with Crippen LogP contribution in [0.5, 0.6) is 5.75 Å². The summed E-state index contributed by atoms with van der Waals surface area (Å²) in [6.45, 7) is 0. The molecule has 0 saturated carbocycles. The molecule has 0 spiro atoms. The third-order valence-corrected chi connectivity index (χ3v) is 2.87. The van der Waals surface area contributed by atoms with Gasteiger partial charge >= 0.3 is 11.9 Å². The molecule has 3 N–H and O–H groups in total. The van der Waals surface area contributed by atoms with E-state index in [2.05, 4.69) is 5.32 Å². The van der Waals surface area contributed by atoms with Crippen LogP contribution in [0.3, 0.4) is 0 Å². The molecule has 0 aromatic heterocycles. The Labute approximate surface area is 120 Å².